The zero-order valence-electron chi connectivity index (χ0n) is 14.0. The molecule has 0 aliphatic heterocycles. The fourth-order valence-electron chi connectivity index (χ4n) is 1.74. The van der Waals surface area contributed by atoms with Crippen molar-refractivity contribution in [3.8, 4) is 0 Å². The fraction of sp³-hybridized carbons (Fsp3) is 0.688. The van der Waals surface area contributed by atoms with Gasteiger partial charge in [-0.25, -0.2) is 4.79 Å². The summed E-state index contributed by atoms with van der Waals surface area (Å²) >= 11 is 0. The minimum Gasteiger partial charge on any atom is -0.483 e. The Kier molecular flexibility index (Phi) is 9.54. The molecule has 0 aromatic rings. The number of carbonyl (C=O) groups excluding carboxylic acids is 1. The predicted molar refractivity (Wildman–Crippen MR) is 85.7 cm³/mol. The fourth-order valence-corrected chi connectivity index (χ4v) is 1.74. The lowest BCUT2D eigenvalue weighted by Crippen LogP contribution is -2.31. The molecule has 0 saturated carbocycles. The maximum atomic E-state index is 11.7. The lowest BCUT2D eigenvalue weighted by atomic mass is 10.1. The van der Waals surface area contributed by atoms with E-state index < -0.39 is 6.10 Å². The molecule has 5 heteroatoms. The summed E-state index contributed by atoms with van der Waals surface area (Å²) in [6.45, 7) is 15.3. The maximum absolute atomic E-state index is 11.7. The van der Waals surface area contributed by atoms with Crippen molar-refractivity contribution >= 4 is 5.97 Å². The predicted octanol–water partition coefficient (Wildman–Crippen LogP) is 2.06. The second kappa shape index (κ2) is 10.3. The zero-order valence-corrected chi connectivity index (χ0v) is 14.0. The van der Waals surface area contributed by atoms with Gasteiger partial charge in [-0.05, 0) is 19.4 Å². The number of likely N-dealkylation sites (N-methyl/N-ethyl adjacent to an activating group) is 1. The Morgan fingerprint density at radius 1 is 1.24 bits per heavy atom. The third-order valence-corrected chi connectivity index (χ3v) is 3.04. The van der Waals surface area contributed by atoms with Gasteiger partial charge in [0.05, 0.1) is 12.9 Å². The van der Waals surface area contributed by atoms with Gasteiger partial charge in [0.15, 0.2) is 6.10 Å². The summed E-state index contributed by atoms with van der Waals surface area (Å²) in [5.74, 6) is 0.629. The van der Waals surface area contributed by atoms with Gasteiger partial charge in [-0.15, -0.1) is 0 Å². The second-order valence-electron chi connectivity index (χ2n) is 5.64. The molecule has 2 atom stereocenters. The summed E-state index contributed by atoms with van der Waals surface area (Å²) in [6.07, 6.45) is 0.0173. The molecule has 0 aliphatic carbocycles. The van der Waals surface area contributed by atoms with Crippen LogP contribution in [0.15, 0.2) is 24.6 Å². The Hall–Kier alpha value is -1.49. The van der Waals surface area contributed by atoms with Gasteiger partial charge in [-0.1, -0.05) is 33.9 Å². The highest BCUT2D eigenvalue weighted by Crippen LogP contribution is 2.17. The first-order valence-electron chi connectivity index (χ1n) is 7.31. The number of nitrogens with one attached hydrogen (secondary N) is 2. The summed E-state index contributed by atoms with van der Waals surface area (Å²) in [5, 5.41) is 6.23. The van der Waals surface area contributed by atoms with Crippen LogP contribution in [0.3, 0.4) is 0 Å². The molecule has 0 bridgehead atoms. The van der Waals surface area contributed by atoms with Crippen molar-refractivity contribution in [3.63, 3.8) is 0 Å². The molecule has 0 aromatic heterocycles. The standard InChI is InChI=1S/C16H30N2O3/c1-11(2)8-15(16(19)20-7)21-14(5)12(3)9-18-13(4)10-17-6/h11-12,15,17-18H,4-5,8-10H2,1-3,6-7H3/t12-,15+/m1/s1. The molecule has 2 N–H and O–H groups in total. The Morgan fingerprint density at radius 2 is 1.86 bits per heavy atom. The van der Waals surface area contributed by atoms with E-state index in [4.69, 9.17) is 9.47 Å². The van der Waals surface area contributed by atoms with Crippen LogP contribution in [0.2, 0.25) is 0 Å². The van der Waals surface area contributed by atoms with Gasteiger partial charge in [0, 0.05) is 24.7 Å². The van der Waals surface area contributed by atoms with E-state index in [2.05, 4.69) is 23.8 Å². The van der Waals surface area contributed by atoms with Crippen molar-refractivity contribution in [2.75, 3.05) is 27.2 Å². The first kappa shape index (κ1) is 19.5. The SMILES string of the molecule is C=C(CNC)NC[C@@H](C)C(=C)O[C@@H](CC(C)C)C(=O)OC. The molecular formula is C16H30N2O3. The van der Waals surface area contributed by atoms with Crippen LogP contribution in [-0.4, -0.2) is 39.3 Å². The highest BCUT2D eigenvalue weighted by atomic mass is 16.6. The highest BCUT2D eigenvalue weighted by molar-refractivity contribution is 5.74. The minimum atomic E-state index is -0.592. The van der Waals surface area contributed by atoms with Crippen LogP contribution < -0.4 is 10.6 Å². The largest absolute Gasteiger partial charge is 0.483 e. The maximum Gasteiger partial charge on any atom is 0.347 e. The molecular weight excluding hydrogens is 268 g/mol. The number of hydrogen-bond donors (Lipinski definition) is 2. The molecule has 5 nitrogen and oxygen atoms in total. The number of ether oxygens (including phenoxy) is 2. The third kappa shape index (κ3) is 8.40. The first-order chi connectivity index (χ1) is 9.81. The molecule has 0 radical (unpaired) electrons. The van der Waals surface area contributed by atoms with E-state index in [1.807, 2.05) is 27.8 Å². The molecule has 0 spiro atoms. The van der Waals surface area contributed by atoms with Crippen LogP contribution >= 0.6 is 0 Å². The van der Waals surface area contributed by atoms with Gasteiger partial charge in [-0.3, -0.25) is 0 Å². The molecule has 21 heavy (non-hydrogen) atoms. The second-order valence-corrected chi connectivity index (χ2v) is 5.64. The van der Waals surface area contributed by atoms with Gasteiger partial charge >= 0.3 is 5.97 Å². The topological polar surface area (TPSA) is 59.6 Å². The first-order valence-corrected chi connectivity index (χ1v) is 7.31. The Labute approximate surface area is 128 Å². The van der Waals surface area contributed by atoms with Crippen LogP contribution in [-0.2, 0) is 14.3 Å². The van der Waals surface area contributed by atoms with E-state index in [1.54, 1.807) is 0 Å². The van der Waals surface area contributed by atoms with E-state index in [0.29, 0.717) is 31.2 Å². The zero-order chi connectivity index (χ0) is 16.4. The average molecular weight is 298 g/mol. The summed E-state index contributed by atoms with van der Waals surface area (Å²) in [7, 11) is 3.24. The molecule has 0 aromatic carbocycles. The number of rotatable bonds is 11. The van der Waals surface area contributed by atoms with E-state index in [0.717, 1.165) is 5.70 Å². The normalized spacial score (nSPS) is 13.4. The van der Waals surface area contributed by atoms with E-state index in [-0.39, 0.29) is 11.9 Å². The molecule has 0 rings (SSSR count). The number of methoxy groups -OCH3 is 1. The van der Waals surface area contributed by atoms with Crippen molar-refractivity contribution in [1.29, 1.82) is 0 Å². The van der Waals surface area contributed by atoms with E-state index in [1.165, 1.54) is 7.11 Å². The van der Waals surface area contributed by atoms with Gasteiger partial charge < -0.3 is 20.1 Å². The van der Waals surface area contributed by atoms with Crippen molar-refractivity contribution in [2.45, 2.75) is 33.3 Å². The van der Waals surface area contributed by atoms with Crippen LogP contribution in [0.25, 0.3) is 0 Å². The van der Waals surface area contributed by atoms with Crippen LogP contribution in [0, 0.1) is 11.8 Å². The van der Waals surface area contributed by atoms with Crippen LogP contribution in [0.4, 0.5) is 0 Å². The average Bonchev–Trinajstić information content (AvgIpc) is 2.42. The summed E-state index contributed by atoms with van der Waals surface area (Å²) < 4.78 is 10.5. The van der Waals surface area contributed by atoms with Crippen molar-refractivity contribution in [2.24, 2.45) is 11.8 Å². The molecule has 0 fully saturated rings. The molecule has 0 saturated heterocycles. The van der Waals surface area contributed by atoms with Gasteiger partial charge in [0.25, 0.3) is 0 Å². The lowest BCUT2D eigenvalue weighted by Gasteiger charge is -2.23. The molecule has 0 heterocycles. The summed E-state index contributed by atoms with van der Waals surface area (Å²) in [5.41, 5.74) is 0.906. The van der Waals surface area contributed by atoms with Gasteiger partial charge in [-0.2, -0.15) is 0 Å². The quantitative estimate of drug-likeness (QED) is 0.452. The number of carbonyl (C=O) groups is 1. The van der Waals surface area contributed by atoms with Crippen molar-refractivity contribution < 1.29 is 14.3 Å². The van der Waals surface area contributed by atoms with Crippen molar-refractivity contribution in [1.82, 2.24) is 10.6 Å². The van der Waals surface area contributed by atoms with Crippen molar-refractivity contribution in [3.05, 3.63) is 24.6 Å². The Balaban J connectivity index is 4.39. The monoisotopic (exact) mass is 298 g/mol. The molecule has 122 valence electrons. The van der Waals surface area contributed by atoms with Crippen LogP contribution in [0.5, 0.6) is 0 Å². The summed E-state index contributed by atoms with van der Waals surface area (Å²) in [4.78, 5) is 11.7. The Bertz CT molecular complexity index is 353. The Morgan fingerprint density at radius 3 is 2.33 bits per heavy atom. The third-order valence-electron chi connectivity index (χ3n) is 3.04. The lowest BCUT2D eigenvalue weighted by molar-refractivity contribution is -0.152. The van der Waals surface area contributed by atoms with E-state index in [9.17, 15) is 4.79 Å². The number of esters is 1. The highest BCUT2D eigenvalue weighted by Gasteiger charge is 2.24. The minimum absolute atomic E-state index is 0.0675. The van der Waals surface area contributed by atoms with Gasteiger partial charge in [0.2, 0.25) is 0 Å². The van der Waals surface area contributed by atoms with Gasteiger partial charge in [0.1, 0.15) is 0 Å². The molecule has 0 amide bonds. The molecule has 0 aliphatic rings. The summed E-state index contributed by atoms with van der Waals surface area (Å²) in [6, 6.07) is 0. The van der Waals surface area contributed by atoms with E-state index >= 15 is 0 Å². The smallest absolute Gasteiger partial charge is 0.347 e. The molecule has 0 unspecified atom stereocenters. The van der Waals surface area contributed by atoms with Crippen LogP contribution in [0.1, 0.15) is 27.2 Å². The number of hydrogen-bond acceptors (Lipinski definition) is 5.